The van der Waals surface area contributed by atoms with Crippen LogP contribution in [0.25, 0.3) is 6.08 Å². The molecule has 0 aliphatic rings. The van der Waals surface area contributed by atoms with Crippen molar-refractivity contribution < 1.29 is 14.8 Å². The zero-order chi connectivity index (χ0) is 16.8. The van der Waals surface area contributed by atoms with Crippen LogP contribution in [0.1, 0.15) is 11.1 Å². The van der Waals surface area contributed by atoms with Crippen molar-refractivity contribution in [3.63, 3.8) is 0 Å². The predicted octanol–water partition coefficient (Wildman–Crippen LogP) is 3.28. The first-order chi connectivity index (χ1) is 11.0. The number of hydrogen-bond donors (Lipinski definition) is 2. The third kappa shape index (κ3) is 4.82. The molecule has 0 fully saturated rings. The fourth-order valence-corrected chi connectivity index (χ4v) is 2.05. The van der Waals surface area contributed by atoms with Gasteiger partial charge in [0.15, 0.2) is 0 Å². The largest absolute Gasteiger partial charge is 0.508 e. The maximum absolute atomic E-state index is 11.8. The van der Waals surface area contributed by atoms with E-state index < -0.39 is 10.8 Å². The van der Waals surface area contributed by atoms with Crippen LogP contribution in [0.2, 0.25) is 5.02 Å². The van der Waals surface area contributed by atoms with Gasteiger partial charge in [-0.2, -0.15) is 0 Å². The highest BCUT2D eigenvalue weighted by Gasteiger charge is 2.10. The quantitative estimate of drug-likeness (QED) is 0.499. The zero-order valence-corrected chi connectivity index (χ0v) is 12.7. The monoisotopic (exact) mass is 332 g/mol. The summed E-state index contributed by atoms with van der Waals surface area (Å²) >= 11 is 5.84. The van der Waals surface area contributed by atoms with E-state index in [0.717, 1.165) is 5.56 Å². The Balaban J connectivity index is 1.99. The van der Waals surface area contributed by atoms with E-state index in [1.807, 2.05) is 0 Å². The molecule has 0 unspecified atom stereocenters. The maximum atomic E-state index is 11.8. The van der Waals surface area contributed by atoms with Crippen LogP contribution in [0.3, 0.4) is 0 Å². The number of benzene rings is 2. The first-order valence-corrected chi connectivity index (χ1v) is 7.01. The second-order valence-electron chi connectivity index (χ2n) is 4.68. The molecule has 6 nitrogen and oxygen atoms in total. The number of nitro benzene ring substituents is 1. The van der Waals surface area contributed by atoms with Crippen molar-refractivity contribution in [3.05, 3.63) is 74.8 Å². The summed E-state index contributed by atoms with van der Waals surface area (Å²) in [6, 6.07) is 10.6. The van der Waals surface area contributed by atoms with Crippen LogP contribution >= 0.6 is 11.6 Å². The number of amides is 1. The third-order valence-electron chi connectivity index (χ3n) is 3.00. The van der Waals surface area contributed by atoms with Crippen molar-refractivity contribution in [3.8, 4) is 5.75 Å². The molecule has 2 aromatic carbocycles. The van der Waals surface area contributed by atoms with Crippen molar-refractivity contribution in [2.45, 2.75) is 6.54 Å². The van der Waals surface area contributed by atoms with Crippen molar-refractivity contribution >= 4 is 29.3 Å². The second-order valence-corrected chi connectivity index (χ2v) is 5.11. The third-order valence-corrected chi connectivity index (χ3v) is 3.24. The molecule has 2 rings (SSSR count). The van der Waals surface area contributed by atoms with Crippen molar-refractivity contribution in [2.75, 3.05) is 0 Å². The molecule has 1 amide bonds. The molecular formula is C16H13ClN2O4. The van der Waals surface area contributed by atoms with Gasteiger partial charge in [0.05, 0.1) is 4.92 Å². The van der Waals surface area contributed by atoms with Crippen LogP contribution < -0.4 is 5.32 Å². The van der Waals surface area contributed by atoms with E-state index in [4.69, 9.17) is 11.6 Å². The number of halogens is 1. The Kier molecular flexibility index (Phi) is 5.32. The molecule has 0 aliphatic carbocycles. The van der Waals surface area contributed by atoms with Gasteiger partial charge in [-0.25, -0.2) is 0 Å². The number of non-ortho nitro benzene ring substituents is 1. The van der Waals surface area contributed by atoms with Gasteiger partial charge in [-0.1, -0.05) is 23.7 Å². The molecule has 0 heterocycles. The molecule has 0 radical (unpaired) electrons. The van der Waals surface area contributed by atoms with Gasteiger partial charge in [-0.15, -0.1) is 0 Å². The van der Waals surface area contributed by atoms with Gasteiger partial charge >= 0.3 is 0 Å². The van der Waals surface area contributed by atoms with E-state index in [-0.39, 0.29) is 23.5 Å². The van der Waals surface area contributed by atoms with Crippen LogP contribution in [0.5, 0.6) is 5.75 Å². The van der Waals surface area contributed by atoms with Gasteiger partial charge in [-0.3, -0.25) is 14.9 Å². The summed E-state index contributed by atoms with van der Waals surface area (Å²) in [6.45, 7) is -0.0216. The molecular weight excluding hydrogens is 320 g/mol. The molecule has 0 aromatic heterocycles. The summed E-state index contributed by atoms with van der Waals surface area (Å²) in [5, 5.41) is 23.5. The molecule has 0 saturated carbocycles. The van der Waals surface area contributed by atoms with E-state index in [2.05, 4.69) is 5.32 Å². The lowest BCUT2D eigenvalue weighted by Crippen LogP contribution is -2.20. The number of nitro groups is 1. The Morgan fingerprint density at radius 2 is 2.09 bits per heavy atom. The summed E-state index contributed by atoms with van der Waals surface area (Å²) in [6.07, 6.45) is 2.91. The summed E-state index contributed by atoms with van der Waals surface area (Å²) in [5.74, 6) is -0.509. The number of carbonyl (C=O) groups is 1. The molecule has 7 heteroatoms. The highest BCUT2D eigenvalue weighted by atomic mass is 35.5. The van der Waals surface area contributed by atoms with Crippen molar-refractivity contribution in [1.29, 1.82) is 0 Å². The lowest BCUT2D eigenvalue weighted by molar-refractivity contribution is -0.384. The minimum Gasteiger partial charge on any atom is -0.508 e. The summed E-state index contributed by atoms with van der Waals surface area (Å²) < 4.78 is 0. The number of hydrogen-bond acceptors (Lipinski definition) is 4. The van der Waals surface area contributed by atoms with E-state index in [9.17, 15) is 20.0 Å². The number of phenolic OH excluding ortho intramolecular Hbond substituents is 1. The summed E-state index contributed by atoms with van der Waals surface area (Å²) in [5.41, 5.74) is 0.885. The van der Waals surface area contributed by atoms with E-state index >= 15 is 0 Å². The Bertz CT molecular complexity index is 774. The Labute approximate surface area is 137 Å². The van der Waals surface area contributed by atoms with E-state index in [0.29, 0.717) is 5.02 Å². The van der Waals surface area contributed by atoms with E-state index in [1.165, 1.54) is 24.3 Å². The fraction of sp³-hybridized carbons (Fsp3) is 0.0625. The maximum Gasteiger partial charge on any atom is 0.270 e. The smallest absolute Gasteiger partial charge is 0.270 e. The zero-order valence-electron chi connectivity index (χ0n) is 11.9. The first kappa shape index (κ1) is 16.5. The lowest BCUT2D eigenvalue weighted by Gasteiger charge is -2.05. The molecule has 2 N–H and O–H groups in total. The Morgan fingerprint density at radius 3 is 2.78 bits per heavy atom. The van der Waals surface area contributed by atoms with Crippen LogP contribution in [-0.2, 0) is 11.3 Å². The van der Waals surface area contributed by atoms with Crippen LogP contribution in [-0.4, -0.2) is 15.9 Å². The van der Waals surface area contributed by atoms with Gasteiger partial charge in [-0.05, 0) is 29.8 Å². The lowest BCUT2D eigenvalue weighted by atomic mass is 10.1. The Hall–Kier alpha value is -2.86. The van der Waals surface area contributed by atoms with Crippen LogP contribution in [0, 0.1) is 10.1 Å². The summed E-state index contributed by atoms with van der Waals surface area (Å²) in [7, 11) is 0. The number of rotatable bonds is 5. The highest BCUT2D eigenvalue weighted by molar-refractivity contribution is 6.30. The van der Waals surface area contributed by atoms with Crippen LogP contribution in [0.15, 0.2) is 48.5 Å². The first-order valence-electron chi connectivity index (χ1n) is 6.63. The highest BCUT2D eigenvalue weighted by Crippen LogP contribution is 2.22. The number of phenols is 1. The molecule has 0 spiro atoms. The SMILES string of the molecule is O=C(/C=C/c1cccc(Cl)c1)NCc1cc([N+](=O)[O-])ccc1O. The number of carbonyl (C=O) groups excluding carboxylic acids is 1. The number of aromatic hydroxyl groups is 1. The Morgan fingerprint density at radius 1 is 1.30 bits per heavy atom. The summed E-state index contributed by atoms with van der Waals surface area (Å²) in [4.78, 5) is 21.9. The molecule has 2 aromatic rings. The average Bonchev–Trinajstić information content (AvgIpc) is 2.52. The van der Waals surface area contributed by atoms with Crippen LogP contribution in [0.4, 0.5) is 5.69 Å². The molecule has 118 valence electrons. The predicted molar refractivity (Wildman–Crippen MR) is 87.1 cm³/mol. The minimum atomic E-state index is -0.566. The van der Waals surface area contributed by atoms with Crippen molar-refractivity contribution in [1.82, 2.24) is 5.32 Å². The second kappa shape index (κ2) is 7.42. The van der Waals surface area contributed by atoms with Gasteiger partial charge in [0.2, 0.25) is 5.91 Å². The normalized spacial score (nSPS) is 10.7. The fourth-order valence-electron chi connectivity index (χ4n) is 1.85. The van der Waals surface area contributed by atoms with Gasteiger partial charge in [0, 0.05) is 35.3 Å². The van der Waals surface area contributed by atoms with E-state index in [1.54, 1.807) is 30.3 Å². The van der Waals surface area contributed by atoms with Gasteiger partial charge in [0.25, 0.3) is 5.69 Å². The molecule has 23 heavy (non-hydrogen) atoms. The minimum absolute atomic E-state index is 0.0216. The van der Waals surface area contributed by atoms with Gasteiger partial charge < -0.3 is 10.4 Å². The molecule has 0 saturated heterocycles. The number of nitrogens with one attached hydrogen (secondary N) is 1. The standard InChI is InChI=1S/C16H13ClN2O4/c17-13-3-1-2-11(8-13)4-7-16(21)18-10-12-9-14(19(22)23)5-6-15(12)20/h1-9,20H,10H2,(H,18,21)/b7-4+. The molecule has 0 bridgehead atoms. The van der Waals surface area contributed by atoms with Crippen molar-refractivity contribution in [2.24, 2.45) is 0 Å². The molecule has 0 aliphatic heterocycles. The molecule has 0 atom stereocenters. The average molecular weight is 333 g/mol. The van der Waals surface area contributed by atoms with Gasteiger partial charge in [0.1, 0.15) is 5.75 Å². The topological polar surface area (TPSA) is 92.5 Å². The number of nitrogens with zero attached hydrogens (tertiary/aromatic N) is 1.